The number of hydrogen-bond donors (Lipinski definition) is 0. The second-order valence-corrected chi connectivity index (χ2v) is 5.28. The second kappa shape index (κ2) is 12.5. The standard InChI is InChI=1S/C17H30N.ClH/c1-3-5-6-7-8-9-10-11-14-18-15-12-13-17(4-2)16-18;/h12-13,15-16H,3-11,14H2,1-2H3;1H/q+1;/p-1. The minimum atomic E-state index is 0. The Kier molecular flexibility index (Phi) is 12.1. The van der Waals surface area contributed by atoms with Gasteiger partial charge in [0.2, 0.25) is 0 Å². The van der Waals surface area contributed by atoms with E-state index in [1.54, 1.807) is 0 Å². The molecule has 1 rings (SSSR count). The van der Waals surface area contributed by atoms with Gasteiger partial charge in [0.25, 0.3) is 0 Å². The van der Waals surface area contributed by atoms with E-state index in [9.17, 15) is 0 Å². The Morgan fingerprint density at radius 2 is 1.53 bits per heavy atom. The van der Waals surface area contributed by atoms with Gasteiger partial charge in [0.05, 0.1) is 0 Å². The summed E-state index contributed by atoms with van der Waals surface area (Å²) in [4.78, 5) is 0. The Morgan fingerprint density at radius 3 is 2.16 bits per heavy atom. The number of pyridine rings is 1. The third kappa shape index (κ3) is 9.04. The Balaban J connectivity index is 0.00000324. The lowest BCUT2D eigenvalue weighted by Gasteiger charge is -2.01. The zero-order chi connectivity index (χ0) is 13.1. The van der Waals surface area contributed by atoms with Crippen LogP contribution in [0.1, 0.15) is 70.8 Å². The molecular formula is C17H30ClN. The van der Waals surface area contributed by atoms with E-state index in [2.05, 4.69) is 42.9 Å². The van der Waals surface area contributed by atoms with Gasteiger partial charge in [0.15, 0.2) is 12.4 Å². The summed E-state index contributed by atoms with van der Waals surface area (Å²) in [7, 11) is 0. The quantitative estimate of drug-likeness (QED) is 0.454. The Hall–Kier alpha value is -0.560. The molecule has 0 aromatic carbocycles. The molecule has 1 aromatic heterocycles. The van der Waals surface area contributed by atoms with Crippen molar-refractivity contribution in [3.63, 3.8) is 0 Å². The summed E-state index contributed by atoms with van der Waals surface area (Å²) in [6.45, 7) is 5.68. The van der Waals surface area contributed by atoms with Crippen molar-refractivity contribution < 1.29 is 17.0 Å². The summed E-state index contributed by atoms with van der Waals surface area (Å²) < 4.78 is 2.34. The molecule has 0 amide bonds. The van der Waals surface area contributed by atoms with Gasteiger partial charge in [-0.2, -0.15) is 0 Å². The van der Waals surface area contributed by atoms with Crippen LogP contribution in [0.25, 0.3) is 0 Å². The van der Waals surface area contributed by atoms with Gasteiger partial charge < -0.3 is 12.4 Å². The molecule has 0 atom stereocenters. The molecular weight excluding hydrogens is 254 g/mol. The monoisotopic (exact) mass is 283 g/mol. The highest BCUT2D eigenvalue weighted by Crippen LogP contribution is 2.08. The molecule has 1 heterocycles. The SMILES string of the molecule is CCCCCCCCCC[n+]1cccc(CC)c1.[Cl-]. The van der Waals surface area contributed by atoms with Gasteiger partial charge in [-0.15, -0.1) is 0 Å². The van der Waals surface area contributed by atoms with E-state index < -0.39 is 0 Å². The lowest BCUT2D eigenvalue weighted by Crippen LogP contribution is -3.00. The third-order valence-electron chi connectivity index (χ3n) is 3.60. The van der Waals surface area contributed by atoms with Crippen LogP contribution in [0.4, 0.5) is 0 Å². The topological polar surface area (TPSA) is 3.88 Å². The van der Waals surface area contributed by atoms with Crippen LogP contribution in [-0.2, 0) is 13.0 Å². The normalized spacial score (nSPS) is 10.2. The summed E-state index contributed by atoms with van der Waals surface area (Å²) in [6.07, 6.45) is 16.8. The first kappa shape index (κ1) is 18.4. The van der Waals surface area contributed by atoms with Crippen molar-refractivity contribution in [2.24, 2.45) is 0 Å². The molecule has 0 aliphatic rings. The maximum atomic E-state index is 2.34. The summed E-state index contributed by atoms with van der Waals surface area (Å²) in [5.41, 5.74) is 1.44. The minimum absolute atomic E-state index is 0. The molecule has 2 heteroatoms. The highest BCUT2D eigenvalue weighted by molar-refractivity contribution is 5.04. The summed E-state index contributed by atoms with van der Waals surface area (Å²) in [5, 5.41) is 0. The molecule has 0 spiro atoms. The van der Waals surface area contributed by atoms with Crippen molar-refractivity contribution in [3.05, 3.63) is 30.1 Å². The van der Waals surface area contributed by atoms with Crippen LogP contribution in [0.2, 0.25) is 0 Å². The molecule has 0 aliphatic heterocycles. The van der Waals surface area contributed by atoms with E-state index >= 15 is 0 Å². The third-order valence-corrected chi connectivity index (χ3v) is 3.60. The van der Waals surface area contributed by atoms with Gasteiger partial charge in [0.1, 0.15) is 6.54 Å². The summed E-state index contributed by atoms with van der Waals surface area (Å²) >= 11 is 0. The fraction of sp³-hybridized carbons (Fsp3) is 0.706. The molecule has 0 fully saturated rings. The minimum Gasteiger partial charge on any atom is -1.00 e. The van der Waals surface area contributed by atoms with Crippen LogP contribution >= 0.6 is 0 Å². The number of unbranched alkanes of at least 4 members (excludes halogenated alkanes) is 7. The molecule has 0 aliphatic carbocycles. The van der Waals surface area contributed by atoms with Crippen LogP contribution in [0.15, 0.2) is 24.5 Å². The molecule has 1 nitrogen and oxygen atoms in total. The molecule has 0 unspecified atom stereocenters. The van der Waals surface area contributed by atoms with E-state index in [1.807, 2.05) is 0 Å². The molecule has 0 saturated heterocycles. The second-order valence-electron chi connectivity index (χ2n) is 5.28. The lowest BCUT2D eigenvalue weighted by molar-refractivity contribution is -0.697. The molecule has 0 radical (unpaired) electrons. The van der Waals surface area contributed by atoms with Gasteiger partial charge in [-0.1, -0.05) is 52.4 Å². The van der Waals surface area contributed by atoms with Crippen molar-refractivity contribution in [1.29, 1.82) is 0 Å². The number of nitrogens with zero attached hydrogens (tertiary/aromatic N) is 1. The highest BCUT2D eigenvalue weighted by Gasteiger charge is 2.01. The average Bonchev–Trinajstić information content (AvgIpc) is 2.42. The Labute approximate surface area is 125 Å². The number of aryl methyl sites for hydroxylation is 2. The molecule has 1 aromatic rings. The predicted molar refractivity (Wildman–Crippen MR) is 78.6 cm³/mol. The van der Waals surface area contributed by atoms with Crippen LogP contribution in [0, 0.1) is 0 Å². The van der Waals surface area contributed by atoms with E-state index in [1.165, 1.54) is 63.5 Å². The molecule has 0 bridgehead atoms. The predicted octanol–water partition coefficient (Wildman–Crippen LogP) is 1.68. The van der Waals surface area contributed by atoms with Gasteiger partial charge in [0, 0.05) is 18.1 Å². The smallest absolute Gasteiger partial charge is 0.171 e. The number of aromatic nitrogens is 1. The highest BCUT2D eigenvalue weighted by atomic mass is 35.5. The van der Waals surface area contributed by atoms with Crippen molar-refractivity contribution in [3.8, 4) is 0 Å². The van der Waals surface area contributed by atoms with Crippen LogP contribution in [-0.4, -0.2) is 0 Å². The van der Waals surface area contributed by atoms with E-state index in [4.69, 9.17) is 0 Å². The van der Waals surface area contributed by atoms with Crippen LogP contribution in [0.3, 0.4) is 0 Å². The van der Waals surface area contributed by atoms with Crippen LogP contribution < -0.4 is 17.0 Å². The van der Waals surface area contributed by atoms with Gasteiger partial charge in [-0.25, -0.2) is 4.57 Å². The van der Waals surface area contributed by atoms with E-state index in [-0.39, 0.29) is 12.4 Å². The van der Waals surface area contributed by atoms with Crippen molar-refractivity contribution >= 4 is 0 Å². The zero-order valence-corrected chi connectivity index (χ0v) is 13.5. The number of hydrogen-bond acceptors (Lipinski definition) is 0. The first-order valence-electron chi connectivity index (χ1n) is 7.84. The Bertz CT molecular complexity index is 312. The van der Waals surface area contributed by atoms with Gasteiger partial charge in [-0.05, 0) is 18.9 Å². The fourth-order valence-electron chi connectivity index (χ4n) is 2.35. The molecule has 19 heavy (non-hydrogen) atoms. The van der Waals surface area contributed by atoms with Crippen molar-refractivity contribution in [2.45, 2.75) is 78.2 Å². The molecule has 110 valence electrons. The van der Waals surface area contributed by atoms with E-state index in [0.29, 0.717) is 0 Å². The van der Waals surface area contributed by atoms with E-state index in [0.717, 1.165) is 6.42 Å². The van der Waals surface area contributed by atoms with Crippen molar-refractivity contribution in [1.82, 2.24) is 0 Å². The average molecular weight is 284 g/mol. The van der Waals surface area contributed by atoms with Crippen LogP contribution in [0.5, 0.6) is 0 Å². The van der Waals surface area contributed by atoms with Gasteiger partial charge in [-0.3, -0.25) is 0 Å². The first-order valence-corrected chi connectivity index (χ1v) is 7.84. The first-order chi connectivity index (χ1) is 8.86. The summed E-state index contributed by atoms with van der Waals surface area (Å²) in [6, 6.07) is 4.38. The summed E-state index contributed by atoms with van der Waals surface area (Å²) in [5.74, 6) is 0. The largest absolute Gasteiger partial charge is 1.00 e. The maximum absolute atomic E-state index is 2.34. The zero-order valence-electron chi connectivity index (χ0n) is 12.7. The number of rotatable bonds is 10. The van der Waals surface area contributed by atoms with Gasteiger partial charge >= 0.3 is 0 Å². The number of halogens is 1. The fourth-order valence-corrected chi connectivity index (χ4v) is 2.35. The van der Waals surface area contributed by atoms with Crippen molar-refractivity contribution in [2.75, 3.05) is 0 Å². The maximum Gasteiger partial charge on any atom is 0.171 e. The molecule has 0 saturated carbocycles. The Morgan fingerprint density at radius 1 is 0.895 bits per heavy atom. The molecule has 0 N–H and O–H groups in total. The lowest BCUT2D eigenvalue weighted by atomic mass is 10.1.